The summed E-state index contributed by atoms with van der Waals surface area (Å²) in [5, 5.41) is 3.72. The second kappa shape index (κ2) is 9.01. The Hall–Kier alpha value is -2.37. The molecule has 0 spiro atoms. The van der Waals surface area contributed by atoms with Crippen molar-refractivity contribution in [1.29, 1.82) is 0 Å². The molecule has 2 fully saturated rings. The van der Waals surface area contributed by atoms with E-state index in [0.717, 1.165) is 54.1 Å². The Labute approximate surface area is 185 Å². The van der Waals surface area contributed by atoms with E-state index in [4.69, 9.17) is 4.74 Å². The van der Waals surface area contributed by atoms with Crippen LogP contribution in [0.25, 0.3) is 17.2 Å². The molecule has 2 aromatic rings. The Kier molecular flexibility index (Phi) is 6.35. The van der Waals surface area contributed by atoms with Gasteiger partial charge in [-0.15, -0.1) is 0 Å². The minimum atomic E-state index is 0.0595. The van der Waals surface area contributed by atoms with Crippen molar-refractivity contribution in [3.63, 3.8) is 0 Å². The number of pyridine rings is 1. The van der Waals surface area contributed by atoms with Crippen molar-refractivity contribution in [2.75, 3.05) is 20.2 Å². The molecule has 4 rings (SSSR count). The monoisotopic (exact) mass is 421 g/mol. The lowest BCUT2D eigenvalue weighted by molar-refractivity contribution is 0.187. The fourth-order valence-electron chi connectivity index (χ4n) is 5.08. The van der Waals surface area contributed by atoms with Crippen molar-refractivity contribution in [2.24, 2.45) is 7.05 Å². The van der Waals surface area contributed by atoms with Crippen molar-refractivity contribution in [1.82, 2.24) is 14.8 Å². The topological polar surface area (TPSA) is 46.5 Å². The van der Waals surface area contributed by atoms with E-state index in [1.54, 1.807) is 11.7 Å². The van der Waals surface area contributed by atoms with Gasteiger partial charge >= 0.3 is 0 Å². The van der Waals surface area contributed by atoms with Crippen LogP contribution in [0.3, 0.4) is 0 Å². The van der Waals surface area contributed by atoms with Gasteiger partial charge in [0.1, 0.15) is 5.75 Å². The number of aromatic nitrogens is 1. The van der Waals surface area contributed by atoms with E-state index in [2.05, 4.69) is 41.4 Å². The van der Waals surface area contributed by atoms with Crippen molar-refractivity contribution in [2.45, 2.75) is 58.7 Å². The number of allylic oxidation sites excluding steroid dienone is 1. The van der Waals surface area contributed by atoms with Gasteiger partial charge in [-0.05, 0) is 61.9 Å². The van der Waals surface area contributed by atoms with Crippen LogP contribution in [0.4, 0.5) is 0 Å². The number of nitrogens with one attached hydrogen (secondary N) is 1. The third-order valence-corrected chi connectivity index (χ3v) is 6.91. The second-order valence-corrected chi connectivity index (χ2v) is 9.10. The van der Waals surface area contributed by atoms with Crippen LogP contribution in [0.2, 0.25) is 0 Å². The van der Waals surface area contributed by atoms with Crippen molar-refractivity contribution >= 4 is 6.08 Å². The Morgan fingerprint density at radius 1 is 1.16 bits per heavy atom. The molecule has 2 unspecified atom stereocenters. The van der Waals surface area contributed by atoms with E-state index in [-0.39, 0.29) is 5.56 Å². The van der Waals surface area contributed by atoms with E-state index < -0.39 is 0 Å². The van der Waals surface area contributed by atoms with Gasteiger partial charge in [-0.1, -0.05) is 19.1 Å². The average molecular weight is 422 g/mol. The van der Waals surface area contributed by atoms with E-state index in [1.165, 1.54) is 24.0 Å². The van der Waals surface area contributed by atoms with Gasteiger partial charge in [0.15, 0.2) is 0 Å². The molecule has 3 heterocycles. The van der Waals surface area contributed by atoms with Gasteiger partial charge in [0.25, 0.3) is 5.56 Å². The highest BCUT2D eigenvalue weighted by Crippen LogP contribution is 2.35. The molecular formula is C26H35N3O2. The quantitative estimate of drug-likeness (QED) is 0.765. The van der Waals surface area contributed by atoms with Crippen LogP contribution in [0.15, 0.2) is 29.2 Å². The van der Waals surface area contributed by atoms with Gasteiger partial charge in [0.2, 0.25) is 0 Å². The first-order valence-corrected chi connectivity index (χ1v) is 11.4. The van der Waals surface area contributed by atoms with E-state index in [9.17, 15) is 4.79 Å². The molecule has 0 saturated carbocycles. The average Bonchev–Trinajstić information content (AvgIpc) is 3.11. The van der Waals surface area contributed by atoms with Crippen LogP contribution in [0, 0.1) is 13.8 Å². The number of aryl methyl sites for hydroxylation is 1. The summed E-state index contributed by atoms with van der Waals surface area (Å²) in [5.41, 5.74) is 6.50. The van der Waals surface area contributed by atoms with Gasteiger partial charge in [-0.25, -0.2) is 0 Å². The molecule has 2 bridgehead atoms. The van der Waals surface area contributed by atoms with Gasteiger partial charge in [-0.3, -0.25) is 9.69 Å². The number of ether oxygens (including phenoxy) is 1. The van der Waals surface area contributed by atoms with Crippen LogP contribution < -0.4 is 15.6 Å². The zero-order valence-electron chi connectivity index (χ0n) is 19.5. The minimum absolute atomic E-state index is 0.0595. The molecule has 0 radical (unpaired) electrons. The number of fused-ring (bicyclic) bond motifs is 2. The summed E-state index contributed by atoms with van der Waals surface area (Å²) in [7, 11) is 3.58. The van der Waals surface area contributed by atoms with Crippen LogP contribution in [0.5, 0.6) is 5.75 Å². The predicted octanol–water partition coefficient (Wildman–Crippen LogP) is 4.04. The second-order valence-electron chi connectivity index (χ2n) is 9.10. The Bertz CT molecular complexity index is 1040. The molecule has 2 aliphatic rings. The Balaban J connectivity index is 1.78. The fraction of sp³-hybridized carbons (Fsp3) is 0.500. The molecular weight excluding hydrogens is 386 g/mol. The van der Waals surface area contributed by atoms with Gasteiger partial charge in [0.05, 0.1) is 7.11 Å². The summed E-state index contributed by atoms with van der Waals surface area (Å²) < 4.78 is 7.60. The highest BCUT2D eigenvalue weighted by atomic mass is 16.5. The summed E-state index contributed by atoms with van der Waals surface area (Å²) >= 11 is 0. The summed E-state index contributed by atoms with van der Waals surface area (Å²) in [6.07, 6.45) is 9.93. The summed E-state index contributed by atoms with van der Waals surface area (Å²) in [6, 6.07) is 5.64. The van der Waals surface area contributed by atoms with E-state index in [0.29, 0.717) is 12.1 Å². The summed E-state index contributed by atoms with van der Waals surface area (Å²) in [5.74, 6) is 0.921. The minimum Gasteiger partial charge on any atom is -0.496 e. The highest BCUT2D eigenvalue weighted by molar-refractivity contribution is 5.74. The lowest BCUT2D eigenvalue weighted by atomic mass is 9.94. The van der Waals surface area contributed by atoms with Crippen molar-refractivity contribution < 1.29 is 4.74 Å². The van der Waals surface area contributed by atoms with Crippen molar-refractivity contribution in [3.05, 3.63) is 57.0 Å². The highest BCUT2D eigenvalue weighted by Gasteiger charge is 2.32. The molecule has 2 aliphatic heterocycles. The first kappa shape index (κ1) is 21.8. The Morgan fingerprint density at radius 3 is 2.52 bits per heavy atom. The first-order chi connectivity index (χ1) is 14.9. The maximum atomic E-state index is 12.4. The van der Waals surface area contributed by atoms with Gasteiger partial charge < -0.3 is 14.6 Å². The number of nitrogens with zero attached hydrogens (tertiary/aromatic N) is 2. The predicted molar refractivity (Wildman–Crippen MR) is 128 cm³/mol. The number of hydrogen-bond acceptors (Lipinski definition) is 4. The third-order valence-electron chi connectivity index (χ3n) is 6.91. The number of piperazine rings is 1. The lowest BCUT2D eigenvalue weighted by Crippen LogP contribution is -2.50. The Morgan fingerprint density at radius 2 is 1.87 bits per heavy atom. The molecule has 166 valence electrons. The van der Waals surface area contributed by atoms with E-state index >= 15 is 0 Å². The summed E-state index contributed by atoms with van der Waals surface area (Å²) in [6.45, 7) is 9.18. The normalized spacial score (nSPS) is 21.2. The molecule has 1 N–H and O–H groups in total. The van der Waals surface area contributed by atoms with Crippen LogP contribution in [0.1, 0.15) is 48.4 Å². The van der Waals surface area contributed by atoms with Crippen LogP contribution >= 0.6 is 0 Å². The molecule has 0 aliphatic carbocycles. The van der Waals surface area contributed by atoms with Gasteiger partial charge in [0, 0.05) is 61.7 Å². The number of rotatable bonds is 6. The molecule has 2 saturated heterocycles. The molecule has 5 heteroatoms. The molecule has 31 heavy (non-hydrogen) atoms. The molecule has 5 nitrogen and oxygen atoms in total. The molecule has 1 aromatic heterocycles. The van der Waals surface area contributed by atoms with Crippen LogP contribution in [-0.4, -0.2) is 41.8 Å². The SMILES string of the molecule is CC/C=C/c1cc(-c2cn(C)c(=O)c(C)c2C)cc(OC)c1CN1CC2CCC(C1)N2. The lowest BCUT2D eigenvalue weighted by Gasteiger charge is -2.33. The van der Waals surface area contributed by atoms with E-state index in [1.807, 2.05) is 27.1 Å². The molecule has 2 atom stereocenters. The summed E-state index contributed by atoms with van der Waals surface area (Å²) in [4.78, 5) is 14.9. The number of hydrogen-bond donors (Lipinski definition) is 1. The third kappa shape index (κ3) is 4.35. The number of benzene rings is 1. The fourth-order valence-corrected chi connectivity index (χ4v) is 5.08. The van der Waals surface area contributed by atoms with Crippen molar-refractivity contribution in [3.8, 4) is 16.9 Å². The maximum Gasteiger partial charge on any atom is 0.253 e. The maximum absolute atomic E-state index is 12.4. The number of likely N-dealkylation sites (tertiary alicyclic amines) is 1. The van der Waals surface area contributed by atoms with Crippen LogP contribution in [-0.2, 0) is 13.6 Å². The standard InChI is InChI=1S/C26H35N3O2/c1-6-7-8-19-11-20(23-15-28(4)26(30)18(3)17(23)2)12-25(31-5)24(19)16-29-13-21-9-10-22(14-29)27-21/h7-8,11-12,15,21-22,27H,6,9-10,13-14,16H2,1-5H3/b8-7+. The number of methoxy groups -OCH3 is 1. The smallest absolute Gasteiger partial charge is 0.253 e. The zero-order chi connectivity index (χ0) is 22.1. The van der Waals surface area contributed by atoms with Gasteiger partial charge in [-0.2, -0.15) is 0 Å². The molecule has 0 amide bonds. The molecule has 1 aromatic carbocycles. The largest absolute Gasteiger partial charge is 0.496 e. The zero-order valence-corrected chi connectivity index (χ0v) is 19.5. The first-order valence-electron chi connectivity index (χ1n) is 11.4.